The Balaban J connectivity index is 1.48. The number of carboxylic acids is 1. The molecule has 2 aliphatic rings. The van der Waals surface area contributed by atoms with Crippen molar-refractivity contribution in [1.29, 1.82) is 0 Å². The molecule has 1 N–H and O–H groups in total. The molecular weight excluding hydrogens is 344 g/mol. The molecule has 3 heteroatoms. The molecule has 0 spiro atoms. The second-order valence-corrected chi connectivity index (χ2v) is 8.74. The maximum Gasteiger partial charge on any atom is 0.307 e. The summed E-state index contributed by atoms with van der Waals surface area (Å²) in [5.74, 6) is 1.79. The standard InChI is InChI=1S/C23H31ClO2/c1-2-3-22(23(25)26)20-10-8-18(9-11-20)16-4-6-17(7-5-16)19-12-14-21(24)15-13-19/h2,12-18,20,22H,1,3-11H2,(H,25,26). The van der Waals surface area contributed by atoms with E-state index in [2.05, 4.69) is 18.7 Å². The molecule has 26 heavy (non-hydrogen) atoms. The number of aliphatic carboxylic acids is 1. The summed E-state index contributed by atoms with van der Waals surface area (Å²) in [7, 11) is 0. The molecule has 142 valence electrons. The third kappa shape index (κ3) is 4.71. The van der Waals surface area contributed by atoms with Gasteiger partial charge >= 0.3 is 5.97 Å². The van der Waals surface area contributed by atoms with Gasteiger partial charge in [-0.05, 0) is 99.2 Å². The highest BCUT2D eigenvalue weighted by molar-refractivity contribution is 6.30. The van der Waals surface area contributed by atoms with Crippen molar-refractivity contribution in [3.05, 3.63) is 47.5 Å². The van der Waals surface area contributed by atoms with Gasteiger partial charge in [0.25, 0.3) is 0 Å². The molecule has 2 saturated carbocycles. The van der Waals surface area contributed by atoms with Gasteiger partial charge in [0.15, 0.2) is 0 Å². The van der Waals surface area contributed by atoms with Crippen LogP contribution in [0.15, 0.2) is 36.9 Å². The zero-order chi connectivity index (χ0) is 18.5. The van der Waals surface area contributed by atoms with Crippen LogP contribution in [-0.2, 0) is 4.79 Å². The lowest BCUT2D eigenvalue weighted by Crippen LogP contribution is -2.30. The van der Waals surface area contributed by atoms with Gasteiger partial charge in [-0.25, -0.2) is 0 Å². The first-order chi connectivity index (χ1) is 12.6. The Hall–Kier alpha value is -1.28. The minimum absolute atomic E-state index is 0.228. The van der Waals surface area contributed by atoms with Crippen LogP contribution in [0.3, 0.4) is 0 Å². The molecule has 0 saturated heterocycles. The summed E-state index contributed by atoms with van der Waals surface area (Å²) in [6.07, 6.45) is 12.1. The molecule has 0 bridgehead atoms. The van der Waals surface area contributed by atoms with Crippen molar-refractivity contribution in [2.75, 3.05) is 0 Å². The summed E-state index contributed by atoms with van der Waals surface area (Å²) >= 11 is 6.01. The summed E-state index contributed by atoms with van der Waals surface area (Å²) in [6.45, 7) is 3.73. The summed E-state index contributed by atoms with van der Waals surface area (Å²) in [6, 6.07) is 8.38. The Morgan fingerprint density at radius 3 is 2.08 bits per heavy atom. The maximum atomic E-state index is 11.5. The molecule has 0 heterocycles. The fourth-order valence-corrected chi connectivity index (χ4v) is 5.48. The first-order valence-electron chi connectivity index (χ1n) is 10.2. The molecule has 0 aromatic heterocycles. The Morgan fingerprint density at radius 2 is 1.58 bits per heavy atom. The van der Waals surface area contributed by atoms with Gasteiger partial charge in [0, 0.05) is 5.02 Å². The van der Waals surface area contributed by atoms with E-state index < -0.39 is 5.97 Å². The molecule has 2 aliphatic carbocycles. The summed E-state index contributed by atoms with van der Waals surface area (Å²) in [5, 5.41) is 10.3. The second kappa shape index (κ2) is 9.08. The Bertz CT molecular complexity index is 593. The lowest BCUT2D eigenvalue weighted by Gasteiger charge is -2.39. The van der Waals surface area contributed by atoms with Crippen LogP contribution in [0.2, 0.25) is 5.02 Å². The number of halogens is 1. The maximum absolute atomic E-state index is 11.5. The monoisotopic (exact) mass is 374 g/mol. The molecule has 2 fully saturated rings. The third-order valence-corrected chi connectivity index (χ3v) is 7.16. The number of hydrogen-bond donors (Lipinski definition) is 1. The Labute approximate surface area is 162 Å². The van der Waals surface area contributed by atoms with Gasteiger partial charge < -0.3 is 5.11 Å². The van der Waals surface area contributed by atoms with Crippen LogP contribution in [0.4, 0.5) is 0 Å². The molecule has 1 aromatic rings. The van der Waals surface area contributed by atoms with E-state index in [1.54, 1.807) is 6.08 Å². The van der Waals surface area contributed by atoms with Crippen molar-refractivity contribution in [3.8, 4) is 0 Å². The van der Waals surface area contributed by atoms with Crippen LogP contribution in [0.25, 0.3) is 0 Å². The minimum atomic E-state index is -0.642. The zero-order valence-corrected chi connectivity index (χ0v) is 16.3. The molecule has 1 aromatic carbocycles. The number of rotatable bonds is 6. The summed E-state index contributed by atoms with van der Waals surface area (Å²) < 4.78 is 0. The fraction of sp³-hybridized carbons (Fsp3) is 0.609. The van der Waals surface area contributed by atoms with Gasteiger partial charge in [-0.1, -0.05) is 29.8 Å². The zero-order valence-electron chi connectivity index (χ0n) is 15.6. The molecule has 3 rings (SSSR count). The predicted molar refractivity (Wildman–Crippen MR) is 108 cm³/mol. The van der Waals surface area contributed by atoms with Gasteiger partial charge in [-0.2, -0.15) is 0 Å². The van der Waals surface area contributed by atoms with Gasteiger partial charge in [0.05, 0.1) is 5.92 Å². The van der Waals surface area contributed by atoms with Gasteiger partial charge in [0.2, 0.25) is 0 Å². The highest BCUT2D eigenvalue weighted by Crippen LogP contribution is 2.45. The smallest absolute Gasteiger partial charge is 0.307 e. The van der Waals surface area contributed by atoms with Crippen molar-refractivity contribution in [3.63, 3.8) is 0 Å². The minimum Gasteiger partial charge on any atom is -0.481 e. The highest BCUT2D eigenvalue weighted by atomic mass is 35.5. The van der Waals surface area contributed by atoms with Gasteiger partial charge in [-0.15, -0.1) is 6.58 Å². The van der Waals surface area contributed by atoms with Crippen molar-refractivity contribution >= 4 is 17.6 Å². The van der Waals surface area contributed by atoms with Crippen LogP contribution < -0.4 is 0 Å². The van der Waals surface area contributed by atoms with E-state index >= 15 is 0 Å². The molecule has 2 nitrogen and oxygen atoms in total. The Morgan fingerprint density at radius 1 is 1.04 bits per heavy atom. The SMILES string of the molecule is C=CCC(C(=O)O)C1CCC(C2CCC(c3ccc(Cl)cc3)CC2)CC1. The van der Waals surface area contributed by atoms with E-state index in [4.69, 9.17) is 11.6 Å². The fourth-order valence-electron chi connectivity index (χ4n) is 5.35. The van der Waals surface area contributed by atoms with E-state index in [1.807, 2.05) is 12.1 Å². The summed E-state index contributed by atoms with van der Waals surface area (Å²) in [4.78, 5) is 11.5. The van der Waals surface area contributed by atoms with Crippen LogP contribution in [-0.4, -0.2) is 11.1 Å². The van der Waals surface area contributed by atoms with Crippen LogP contribution in [0.5, 0.6) is 0 Å². The normalized spacial score (nSPS) is 30.5. The van der Waals surface area contributed by atoms with E-state index in [0.29, 0.717) is 18.3 Å². The Kier molecular flexibility index (Phi) is 6.80. The molecule has 0 amide bonds. The van der Waals surface area contributed by atoms with E-state index in [1.165, 1.54) is 44.1 Å². The van der Waals surface area contributed by atoms with Crippen molar-refractivity contribution < 1.29 is 9.90 Å². The van der Waals surface area contributed by atoms with Crippen LogP contribution >= 0.6 is 11.6 Å². The van der Waals surface area contributed by atoms with Crippen LogP contribution in [0.1, 0.15) is 69.3 Å². The topological polar surface area (TPSA) is 37.3 Å². The number of hydrogen-bond acceptors (Lipinski definition) is 1. The van der Waals surface area contributed by atoms with Crippen molar-refractivity contribution in [2.24, 2.45) is 23.7 Å². The number of allylic oxidation sites excluding steroid dienone is 1. The molecule has 0 radical (unpaired) electrons. The molecule has 1 atom stereocenters. The molecule has 1 unspecified atom stereocenters. The van der Waals surface area contributed by atoms with Crippen LogP contribution in [0, 0.1) is 23.7 Å². The van der Waals surface area contributed by atoms with Gasteiger partial charge in [0.1, 0.15) is 0 Å². The lowest BCUT2D eigenvalue weighted by atomic mass is 9.66. The quantitative estimate of drug-likeness (QED) is 0.562. The van der Waals surface area contributed by atoms with Crippen molar-refractivity contribution in [1.82, 2.24) is 0 Å². The second-order valence-electron chi connectivity index (χ2n) is 8.31. The first kappa shape index (κ1) is 19.5. The molecule has 0 aliphatic heterocycles. The predicted octanol–water partition coefficient (Wildman–Crippen LogP) is 6.70. The van der Waals surface area contributed by atoms with E-state index in [9.17, 15) is 9.90 Å². The van der Waals surface area contributed by atoms with Crippen molar-refractivity contribution in [2.45, 2.75) is 63.7 Å². The largest absolute Gasteiger partial charge is 0.481 e. The number of benzene rings is 1. The number of carbonyl (C=O) groups is 1. The molecular formula is C23H31ClO2. The summed E-state index contributed by atoms with van der Waals surface area (Å²) in [5.41, 5.74) is 1.44. The van der Waals surface area contributed by atoms with E-state index in [0.717, 1.165) is 29.7 Å². The average molecular weight is 375 g/mol. The third-order valence-electron chi connectivity index (χ3n) is 6.90. The highest BCUT2D eigenvalue weighted by Gasteiger charge is 2.35. The lowest BCUT2D eigenvalue weighted by molar-refractivity contribution is -0.144. The van der Waals surface area contributed by atoms with Gasteiger partial charge in [-0.3, -0.25) is 4.79 Å². The first-order valence-corrected chi connectivity index (χ1v) is 10.6. The average Bonchev–Trinajstić information content (AvgIpc) is 2.67. The van der Waals surface area contributed by atoms with E-state index in [-0.39, 0.29) is 5.92 Å². The number of carboxylic acid groups (broad SMARTS) is 1.